The second-order valence-corrected chi connectivity index (χ2v) is 7.26. The normalized spacial score (nSPS) is 15.6. The zero-order chi connectivity index (χ0) is 21.1. The van der Waals surface area contributed by atoms with E-state index >= 15 is 0 Å². The summed E-state index contributed by atoms with van der Waals surface area (Å²) in [7, 11) is 0. The fraction of sp³-hybridized carbons (Fsp3) is 0.318. The highest BCUT2D eigenvalue weighted by Gasteiger charge is 2.35. The molecule has 1 saturated heterocycles. The second kappa shape index (κ2) is 9.89. The Bertz CT molecular complexity index is 1040. The highest BCUT2D eigenvalue weighted by atomic mass is 35.5. The number of hydrogen-bond acceptors (Lipinski definition) is 6. The lowest BCUT2D eigenvalue weighted by atomic mass is 10.1. The van der Waals surface area contributed by atoms with Crippen LogP contribution in [0.2, 0.25) is 0 Å². The Hall–Kier alpha value is -2.97. The number of amides is 1. The number of hydrogen-bond donors (Lipinski definition) is 1. The minimum absolute atomic E-state index is 0. The van der Waals surface area contributed by atoms with Gasteiger partial charge in [0.05, 0.1) is 5.56 Å². The molecule has 2 N–H and O–H groups in total. The van der Waals surface area contributed by atoms with E-state index in [1.807, 2.05) is 24.3 Å². The molecule has 31 heavy (non-hydrogen) atoms. The van der Waals surface area contributed by atoms with Crippen LogP contribution in [0, 0.1) is 12.7 Å². The molecule has 1 aromatic heterocycles. The van der Waals surface area contributed by atoms with E-state index in [1.165, 1.54) is 18.2 Å². The van der Waals surface area contributed by atoms with E-state index < -0.39 is 11.7 Å². The molecule has 0 aliphatic carbocycles. The molecule has 0 radical (unpaired) electrons. The summed E-state index contributed by atoms with van der Waals surface area (Å²) >= 11 is 0. The maximum Gasteiger partial charge on any atom is 0.257 e. The third-order valence-corrected chi connectivity index (χ3v) is 5.10. The molecular formula is C22H24ClFN4O3. The van der Waals surface area contributed by atoms with Crippen molar-refractivity contribution in [2.45, 2.75) is 32.2 Å². The summed E-state index contributed by atoms with van der Waals surface area (Å²) in [6, 6.07) is 11.3. The molecule has 3 aromatic rings. The lowest BCUT2D eigenvalue weighted by Crippen LogP contribution is -2.31. The van der Waals surface area contributed by atoms with E-state index in [0.717, 1.165) is 18.4 Å². The highest BCUT2D eigenvalue weighted by molar-refractivity contribution is 5.95. The quantitative estimate of drug-likeness (QED) is 0.609. The van der Waals surface area contributed by atoms with Gasteiger partial charge in [0.2, 0.25) is 5.89 Å². The van der Waals surface area contributed by atoms with Crippen molar-refractivity contribution in [2.75, 3.05) is 13.1 Å². The van der Waals surface area contributed by atoms with Crippen LogP contribution in [0.3, 0.4) is 0 Å². The van der Waals surface area contributed by atoms with Gasteiger partial charge >= 0.3 is 0 Å². The Morgan fingerprint density at radius 1 is 1.26 bits per heavy atom. The standard InChI is InChI=1S/C22H23FN4O3.ClH/c1-14-25-21(30-26-14)20-3-2-12-27(20)22(28)18-13-17(8-9-19(18)23)29-16-6-4-15(5-7-16)10-11-24;/h4-9,13,20H,2-3,10-12,24H2,1H3;1H. The summed E-state index contributed by atoms with van der Waals surface area (Å²) in [5, 5.41) is 3.80. The largest absolute Gasteiger partial charge is 0.457 e. The average Bonchev–Trinajstić information content (AvgIpc) is 3.39. The molecule has 1 aliphatic rings. The predicted octanol–water partition coefficient (Wildman–Crippen LogP) is 4.21. The molecule has 7 nitrogen and oxygen atoms in total. The van der Waals surface area contributed by atoms with Crippen molar-refractivity contribution < 1.29 is 18.4 Å². The SMILES string of the molecule is Cc1noc(C2CCCN2C(=O)c2cc(Oc3ccc(CCN)cc3)ccc2F)n1.Cl. The minimum atomic E-state index is -0.599. The lowest BCUT2D eigenvalue weighted by Gasteiger charge is -2.22. The van der Waals surface area contributed by atoms with Crippen molar-refractivity contribution in [3.63, 3.8) is 0 Å². The molecule has 1 fully saturated rings. The first kappa shape index (κ1) is 22.7. The van der Waals surface area contributed by atoms with E-state index in [9.17, 15) is 9.18 Å². The molecule has 2 aromatic carbocycles. The maximum absolute atomic E-state index is 14.5. The van der Waals surface area contributed by atoms with Gasteiger partial charge in [-0.3, -0.25) is 4.79 Å². The van der Waals surface area contributed by atoms with Crippen LogP contribution in [0.5, 0.6) is 11.5 Å². The topological polar surface area (TPSA) is 94.5 Å². The molecule has 164 valence electrons. The summed E-state index contributed by atoms with van der Waals surface area (Å²) < 4.78 is 25.6. The fourth-order valence-electron chi connectivity index (χ4n) is 3.63. The molecule has 1 atom stereocenters. The van der Waals surface area contributed by atoms with Crippen LogP contribution in [-0.4, -0.2) is 34.0 Å². The van der Waals surface area contributed by atoms with Gasteiger partial charge in [0.1, 0.15) is 23.4 Å². The number of aryl methyl sites for hydroxylation is 1. The number of benzene rings is 2. The third kappa shape index (κ3) is 5.03. The van der Waals surface area contributed by atoms with Crippen molar-refractivity contribution in [3.05, 3.63) is 71.1 Å². The molecule has 0 bridgehead atoms. The number of rotatable bonds is 6. The summed E-state index contributed by atoms with van der Waals surface area (Å²) in [5.74, 6) is 0.844. The zero-order valence-electron chi connectivity index (χ0n) is 17.1. The summed E-state index contributed by atoms with van der Waals surface area (Å²) in [6.07, 6.45) is 2.26. The van der Waals surface area contributed by atoms with Gasteiger partial charge in [0, 0.05) is 6.54 Å². The van der Waals surface area contributed by atoms with Crippen molar-refractivity contribution >= 4 is 18.3 Å². The number of carbonyl (C=O) groups excluding carboxylic acids is 1. The second-order valence-electron chi connectivity index (χ2n) is 7.26. The molecular weight excluding hydrogens is 423 g/mol. The number of halogens is 2. The Morgan fingerprint density at radius 3 is 2.68 bits per heavy atom. The van der Waals surface area contributed by atoms with E-state index in [1.54, 1.807) is 11.8 Å². The van der Waals surface area contributed by atoms with Gasteiger partial charge in [-0.2, -0.15) is 4.98 Å². The fourth-order valence-corrected chi connectivity index (χ4v) is 3.63. The van der Waals surface area contributed by atoms with E-state index in [-0.39, 0.29) is 24.0 Å². The van der Waals surface area contributed by atoms with Crippen LogP contribution in [0.25, 0.3) is 0 Å². The Morgan fingerprint density at radius 2 is 2.00 bits per heavy atom. The number of carbonyl (C=O) groups is 1. The molecule has 1 aliphatic heterocycles. The van der Waals surface area contributed by atoms with E-state index in [2.05, 4.69) is 10.1 Å². The van der Waals surface area contributed by atoms with Gasteiger partial charge in [-0.25, -0.2) is 4.39 Å². The molecule has 0 saturated carbocycles. The molecule has 9 heteroatoms. The monoisotopic (exact) mass is 446 g/mol. The molecule has 0 spiro atoms. The van der Waals surface area contributed by atoms with Crippen LogP contribution >= 0.6 is 12.4 Å². The van der Waals surface area contributed by atoms with Crippen LogP contribution in [-0.2, 0) is 6.42 Å². The summed E-state index contributed by atoms with van der Waals surface area (Å²) in [4.78, 5) is 18.9. The van der Waals surface area contributed by atoms with Crippen LogP contribution in [0.15, 0.2) is 47.0 Å². The van der Waals surface area contributed by atoms with Gasteiger partial charge in [-0.1, -0.05) is 17.3 Å². The van der Waals surface area contributed by atoms with Gasteiger partial charge in [0.25, 0.3) is 5.91 Å². The highest BCUT2D eigenvalue weighted by Crippen LogP contribution is 2.33. The van der Waals surface area contributed by atoms with Crippen molar-refractivity contribution in [2.24, 2.45) is 5.73 Å². The Balaban J connectivity index is 0.00000272. The average molecular weight is 447 g/mol. The first-order valence-corrected chi connectivity index (χ1v) is 9.93. The predicted molar refractivity (Wildman–Crippen MR) is 115 cm³/mol. The first-order chi connectivity index (χ1) is 14.5. The van der Waals surface area contributed by atoms with E-state index in [0.29, 0.717) is 42.7 Å². The van der Waals surface area contributed by atoms with E-state index in [4.69, 9.17) is 15.0 Å². The van der Waals surface area contributed by atoms with Gasteiger partial charge in [-0.05, 0) is 68.6 Å². The maximum atomic E-state index is 14.5. The molecule has 4 rings (SSSR count). The van der Waals surface area contributed by atoms with Gasteiger partial charge < -0.3 is 19.9 Å². The zero-order valence-corrected chi connectivity index (χ0v) is 17.9. The van der Waals surface area contributed by atoms with Crippen molar-refractivity contribution in [1.29, 1.82) is 0 Å². The number of aromatic nitrogens is 2. The van der Waals surface area contributed by atoms with Crippen LogP contribution in [0.4, 0.5) is 4.39 Å². The molecule has 2 heterocycles. The molecule has 1 amide bonds. The van der Waals surface area contributed by atoms with Gasteiger partial charge in [-0.15, -0.1) is 12.4 Å². The van der Waals surface area contributed by atoms with Gasteiger partial charge in [0.15, 0.2) is 5.82 Å². The molecule has 1 unspecified atom stereocenters. The number of nitrogens with zero attached hydrogens (tertiary/aromatic N) is 3. The summed E-state index contributed by atoms with van der Waals surface area (Å²) in [5.41, 5.74) is 6.63. The smallest absolute Gasteiger partial charge is 0.257 e. The third-order valence-electron chi connectivity index (χ3n) is 5.10. The lowest BCUT2D eigenvalue weighted by molar-refractivity contribution is 0.0705. The minimum Gasteiger partial charge on any atom is -0.457 e. The Kier molecular flexibility index (Phi) is 7.25. The van der Waals surface area contributed by atoms with Crippen molar-refractivity contribution in [3.8, 4) is 11.5 Å². The number of nitrogens with two attached hydrogens (primary N) is 1. The van der Waals surface area contributed by atoms with Crippen molar-refractivity contribution in [1.82, 2.24) is 15.0 Å². The Labute approximate surface area is 185 Å². The first-order valence-electron chi connectivity index (χ1n) is 9.93. The number of likely N-dealkylation sites (tertiary alicyclic amines) is 1. The van der Waals surface area contributed by atoms with Crippen LogP contribution < -0.4 is 10.5 Å². The van der Waals surface area contributed by atoms with Crippen LogP contribution in [0.1, 0.15) is 46.5 Å². The summed E-state index contributed by atoms with van der Waals surface area (Å²) in [6.45, 7) is 2.79. The number of ether oxygens (including phenoxy) is 1.